The molecule has 0 saturated carbocycles. The van der Waals surface area contributed by atoms with Gasteiger partial charge in [-0.2, -0.15) is 0 Å². The van der Waals surface area contributed by atoms with E-state index in [0.717, 1.165) is 16.1 Å². The summed E-state index contributed by atoms with van der Waals surface area (Å²) in [6, 6.07) is 10.3. The zero-order valence-electron chi connectivity index (χ0n) is 21.3. The van der Waals surface area contributed by atoms with E-state index in [4.69, 9.17) is 0 Å². The molecule has 9 heteroatoms. The second kappa shape index (κ2) is 12.2. The van der Waals surface area contributed by atoms with Gasteiger partial charge in [-0.3, -0.25) is 13.9 Å². The maximum absolute atomic E-state index is 13.6. The molecule has 0 fully saturated rings. The summed E-state index contributed by atoms with van der Waals surface area (Å²) in [5.41, 5.74) is 2.61. The molecule has 35 heavy (non-hydrogen) atoms. The summed E-state index contributed by atoms with van der Waals surface area (Å²) in [6.45, 7) is 9.39. The van der Waals surface area contributed by atoms with Crippen LogP contribution in [0.1, 0.15) is 43.9 Å². The zero-order valence-corrected chi connectivity index (χ0v) is 22.2. The number of nitrogens with zero attached hydrogens (tertiary/aromatic N) is 2. The lowest BCUT2D eigenvalue weighted by Gasteiger charge is -2.33. The topological polar surface area (TPSA) is 86.8 Å². The Morgan fingerprint density at radius 1 is 1.06 bits per heavy atom. The Morgan fingerprint density at radius 2 is 1.69 bits per heavy atom. The fraction of sp³-hybridized carbons (Fsp3) is 0.462. The van der Waals surface area contributed by atoms with Crippen molar-refractivity contribution in [3.05, 3.63) is 65.0 Å². The fourth-order valence-electron chi connectivity index (χ4n) is 3.71. The molecule has 2 aromatic carbocycles. The van der Waals surface area contributed by atoms with Crippen molar-refractivity contribution in [2.45, 2.75) is 53.6 Å². The van der Waals surface area contributed by atoms with E-state index in [0.29, 0.717) is 29.8 Å². The quantitative estimate of drug-likeness (QED) is 0.504. The molecule has 0 heterocycles. The van der Waals surface area contributed by atoms with E-state index in [-0.39, 0.29) is 18.4 Å². The average molecular weight is 506 g/mol. The number of amides is 2. The van der Waals surface area contributed by atoms with Crippen LogP contribution in [0.5, 0.6) is 0 Å². The molecule has 0 spiro atoms. The first-order valence-corrected chi connectivity index (χ1v) is 13.5. The maximum Gasteiger partial charge on any atom is 0.244 e. The van der Waals surface area contributed by atoms with E-state index in [9.17, 15) is 22.4 Å². The molecule has 192 valence electrons. The number of carbonyl (C=O) groups excluding carboxylic acids is 2. The highest BCUT2D eigenvalue weighted by atomic mass is 32.2. The Balaban J connectivity index is 2.45. The zero-order chi connectivity index (χ0) is 26.3. The standard InChI is InChI=1S/C26H36FN3O4S/c1-7-23(26(32)28-15-18(2)3)29(16-21-10-12-22(27)13-11-21)25(31)17-30(35(6,33)34)24-14-19(4)8-9-20(24)5/h8-14,18,23H,7,15-17H2,1-6H3,(H,28,32). The number of aryl methyl sites for hydroxylation is 2. The molecule has 2 aromatic rings. The summed E-state index contributed by atoms with van der Waals surface area (Å²) in [6.07, 6.45) is 1.39. The molecule has 0 aromatic heterocycles. The molecular weight excluding hydrogens is 469 g/mol. The average Bonchev–Trinajstić information content (AvgIpc) is 2.78. The Hall–Kier alpha value is -2.94. The first-order valence-electron chi connectivity index (χ1n) is 11.7. The molecule has 0 aliphatic rings. The number of benzene rings is 2. The number of sulfonamides is 1. The molecule has 0 saturated heterocycles. The molecule has 0 aliphatic heterocycles. The Morgan fingerprint density at radius 3 is 2.23 bits per heavy atom. The first kappa shape index (κ1) is 28.3. The van der Waals surface area contributed by atoms with Gasteiger partial charge in [0, 0.05) is 13.1 Å². The lowest BCUT2D eigenvalue weighted by atomic mass is 10.1. The van der Waals surface area contributed by atoms with Crippen molar-refractivity contribution in [1.29, 1.82) is 0 Å². The minimum absolute atomic E-state index is 0.0388. The molecule has 0 radical (unpaired) electrons. The molecule has 2 rings (SSSR count). The number of nitrogens with one attached hydrogen (secondary N) is 1. The van der Waals surface area contributed by atoms with Crippen LogP contribution in [0.25, 0.3) is 0 Å². The van der Waals surface area contributed by atoms with Gasteiger partial charge < -0.3 is 10.2 Å². The summed E-state index contributed by atoms with van der Waals surface area (Å²) >= 11 is 0. The monoisotopic (exact) mass is 505 g/mol. The van der Waals surface area contributed by atoms with Gasteiger partial charge in [-0.1, -0.05) is 45.0 Å². The third-order valence-electron chi connectivity index (χ3n) is 5.65. The van der Waals surface area contributed by atoms with Gasteiger partial charge in [-0.15, -0.1) is 0 Å². The molecule has 7 nitrogen and oxygen atoms in total. The number of anilines is 1. The smallest absolute Gasteiger partial charge is 0.244 e. The second-order valence-corrected chi connectivity index (χ2v) is 11.2. The minimum Gasteiger partial charge on any atom is -0.354 e. The van der Waals surface area contributed by atoms with Crippen molar-refractivity contribution >= 4 is 27.5 Å². The summed E-state index contributed by atoms with van der Waals surface area (Å²) in [7, 11) is -3.80. The van der Waals surface area contributed by atoms with Crippen LogP contribution in [0.4, 0.5) is 10.1 Å². The van der Waals surface area contributed by atoms with E-state index in [1.807, 2.05) is 26.8 Å². The van der Waals surface area contributed by atoms with Gasteiger partial charge in [0.2, 0.25) is 21.8 Å². The lowest BCUT2D eigenvalue weighted by molar-refractivity contribution is -0.140. The highest BCUT2D eigenvalue weighted by Gasteiger charge is 2.32. The van der Waals surface area contributed by atoms with Crippen molar-refractivity contribution in [3.63, 3.8) is 0 Å². The third-order valence-corrected chi connectivity index (χ3v) is 6.78. The van der Waals surface area contributed by atoms with Gasteiger partial charge in [0.15, 0.2) is 0 Å². The summed E-state index contributed by atoms with van der Waals surface area (Å²) in [5, 5.41) is 2.87. The van der Waals surface area contributed by atoms with Gasteiger partial charge >= 0.3 is 0 Å². The first-order chi connectivity index (χ1) is 16.3. The van der Waals surface area contributed by atoms with Crippen LogP contribution in [0.15, 0.2) is 42.5 Å². The van der Waals surface area contributed by atoms with Crippen LogP contribution in [0.2, 0.25) is 0 Å². The van der Waals surface area contributed by atoms with Crippen LogP contribution in [0.3, 0.4) is 0 Å². The molecule has 2 amide bonds. The lowest BCUT2D eigenvalue weighted by Crippen LogP contribution is -2.52. The van der Waals surface area contributed by atoms with E-state index in [1.165, 1.54) is 17.0 Å². The highest BCUT2D eigenvalue weighted by Crippen LogP contribution is 2.25. The highest BCUT2D eigenvalue weighted by molar-refractivity contribution is 7.92. The normalized spacial score (nSPS) is 12.3. The second-order valence-electron chi connectivity index (χ2n) is 9.27. The van der Waals surface area contributed by atoms with Crippen LogP contribution >= 0.6 is 0 Å². The Labute approximate surface area is 208 Å². The van der Waals surface area contributed by atoms with Crippen molar-refractivity contribution < 1.29 is 22.4 Å². The summed E-state index contributed by atoms with van der Waals surface area (Å²) in [4.78, 5) is 28.1. The number of halogens is 1. The maximum atomic E-state index is 13.6. The number of carbonyl (C=O) groups is 2. The summed E-state index contributed by atoms with van der Waals surface area (Å²) < 4.78 is 40.0. The van der Waals surface area contributed by atoms with Crippen molar-refractivity contribution in [2.24, 2.45) is 5.92 Å². The molecular formula is C26H36FN3O4S. The van der Waals surface area contributed by atoms with Gasteiger partial charge in [0.25, 0.3) is 0 Å². The van der Waals surface area contributed by atoms with E-state index >= 15 is 0 Å². The fourth-order valence-corrected chi connectivity index (χ4v) is 4.61. The van der Waals surface area contributed by atoms with Gasteiger partial charge in [0.1, 0.15) is 18.4 Å². The van der Waals surface area contributed by atoms with Crippen LogP contribution < -0.4 is 9.62 Å². The molecule has 0 bridgehead atoms. The summed E-state index contributed by atoms with van der Waals surface area (Å²) in [5.74, 6) is -1.02. The van der Waals surface area contributed by atoms with E-state index in [2.05, 4.69) is 5.32 Å². The largest absolute Gasteiger partial charge is 0.354 e. The number of rotatable bonds is 11. The predicted octanol–water partition coefficient (Wildman–Crippen LogP) is 3.79. The van der Waals surface area contributed by atoms with Gasteiger partial charge in [-0.05, 0) is 61.1 Å². The number of hydrogen-bond donors (Lipinski definition) is 1. The SMILES string of the molecule is CCC(C(=O)NCC(C)C)N(Cc1ccc(F)cc1)C(=O)CN(c1cc(C)ccc1C)S(C)(=O)=O. The van der Waals surface area contributed by atoms with Crippen molar-refractivity contribution in [3.8, 4) is 0 Å². The number of hydrogen-bond acceptors (Lipinski definition) is 4. The van der Waals surface area contributed by atoms with E-state index < -0.39 is 34.3 Å². The van der Waals surface area contributed by atoms with Gasteiger partial charge in [0.05, 0.1) is 11.9 Å². The predicted molar refractivity (Wildman–Crippen MR) is 137 cm³/mol. The van der Waals surface area contributed by atoms with Crippen LogP contribution in [0, 0.1) is 25.6 Å². The Bertz CT molecular complexity index is 1130. The molecule has 1 unspecified atom stereocenters. The van der Waals surface area contributed by atoms with Crippen molar-refractivity contribution in [1.82, 2.24) is 10.2 Å². The minimum atomic E-state index is -3.80. The molecule has 0 aliphatic carbocycles. The van der Waals surface area contributed by atoms with Crippen molar-refractivity contribution in [2.75, 3.05) is 23.7 Å². The molecule has 1 N–H and O–H groups in total. The Kier molecular flexibility index (Phi) is 9.82. The van der Waals surface area contributed by atoms with Crippen LogP contribution in [-0.2, 0) is 26.2 Å². The third kappa shape index (κ3) is 8.06. The molecule has 1 atom stereocenters. The van der Waals surface area contributed by atoms with Crippen LogP contribution in [-0.4, -0.2) is 50.5 Å². The van der Waals surface area contributed by atoms with Gasteiger partial charge in [-0.25, -0.2) is 12.8 Å². The van der Waals surface area contributed by atoms with E-state index in [1.54, 1.807) is 38.1 Å².